The van der Waals surface area contributed by atoms with E-state index in [4.69, 9.17) is 9.47 Å². The van der Waals surface area contributed by atoms with E-state index < -0.39 is 0 Å². The van der Waals surface area contributed by atoms with Gasteiger partial charge in [0.1, 0.15) is 5.82 Å². The topological polar surface area (TPSA) is 56.3 Å². The standard InChI is InChI=1S/C13H23N3O2S/c1-12(2)8-9(13(3,4)18-12)14-11-15-10(16-19-11)6-7-17-5/h9H,6-8H2,1-5H3,(H,14,15,16). The molecule has 19 heavy (non-hydrogen) atoms. The Bertz CT molecular complexity index is 431. The Labute approximate surface area is 118 Å². The van der Waals surface area contributed by atoms with Gasteiger partial charge in [0.2, 0.25) is 5.13 Å². The summed E-state index contributed by atoms with van der Waals surface area (Å²) >= 11 is 1.40. The number of methoxy groups -OCH3 is 1. The van der Waals surface area contributed by atoms with E-state index in [0.29, 0.717) is 6.61 Å². The molecule has 1 aromatic heterocycles. The van der Waals surface area contributed by atoms with Gasteiger partial charge < -0.3 is 14.8 Å². The molecule has 2 heterocycles. The average molecular weight is 285 g/mol. The lowest BCUT2D eigenvalue weighted by Gasteiger charge is -2.27. The van der Waals surface area contributed by atoms with Gasteiger partial charge in [-0.15, -0.1) is 0 Å². The molecule has 1 unspecified atom stereocenters. The molecule has 1 saturated heterocycles. The SMILES string of the molecule is COCCc1nsc(NC2CC(C)(C)OC2(C)C)n1. The van der Waals surface area contributed by atoms with Crippen molar-refractivity contribution in [1.29, 1.82) is 0 Å². The van der Waals surface area contributed by atoms with E-state index in [-0.39, 0.29) is 17.2 Å². The number of rotatable bonds is 5. The molecule has 1 aliphatic heterocycles. The lowest BCUT2D eigenvalue weighted by molar-refractivity contribution is -0.0662. The highest BCUT2D eigenvalue weighted by Crippen LogP contribution is 2.38. The van der Waals surface area contributed by atoms with Crippen LogP contribution >= 0.6 is 11.5 Å². The second kappa shape index (κ2) is 5.34. The van der Waals surface area contributed by atoms with Gasteiger partial charge in [-0.3, -0.25) is 0 Å². The van der Waals surface area contributed by atoms with Gasteiger partial charge >= 0.3 is 0 Å². The molecular formula is C13H23N3O2S. The minimum Gasteiger partial charge on any atom is -0.384 e. The smallest absolute Gasteiger partial charge is 0.202 e. The van der Waals surface area contributed by atoms with Crippen molar-refractivity contribution in [1.82, 2.24) is 9.36 Å². The predicted octanol–water partition coefficient (Wildman–Crippen LogP) is 2.49. The van der Waals surface area contributed by atoms with Crippen molar-refractivity contribution in [2.45, 2.75) is 57.8 Å². The van der Waals surface area contributed by atoms with Crippen LogP contribution in [0.4, 0.5) is 5.13 Å². The average Bonchev–Trinajstić information content (AvgIpc) is 2.78. The van der Waals surface area contributed by atoms with E-state index in [0.717, 1.165) is 23.8 Å². The zero-order chi connectivity index (χ0) is 14.1. The summed E-state index contributed by atoms with van der Waals surface area (Å²) in [4.78, 5) is 4.49. The van der Waals surface area contributed by atoms with Crippen molar-refractivity contribution < 1.29 is 9.47 Å². The first-order chi connectivity index (χ1) is 8.82. The van der Waals surface area contributed by atoms with Crippen molar-refractivity contribution in [2.75, 3.05) is 19.0 Å². The van der Waals surface area contributed by atoms with E-state index >= 15 is 0 Å². The van der Waals surface area contributed by atoms with Crippen molar-refractivity contribution in [3.8, 4) is 0 Å². The molecule has 5 nitrogen and oxygen atoms in total. The molecule has 0 amide bonds. The van der Waals surface area contributed by atoms with Crippen LogP contribution in [0.5, 0.6) is 0 Å². The fraction of sp³-hybridized carbons (Fsp3) is 0.846. The molecule has 0 saturated carbocycles. The summed E-state index contributed by atoms with van der Waals surface area (Å²) < 4.78 is 15.4. The third-order valence-corrected chi connectivity index (χ3v) is 4.05. The summed E-state index contributed by atoms with van der Waals surface area (Å²) in [5, 5.41) is 4.33. The van der Waals surface area contributed by atoms with E-state index in [9.17, 15) is 0 Å². The summed E-state index contributed by atoms with van der Waals surface area (Å²) in [7, 11) is 1.69. The molecule has 1 N–H and O–H groups in total. The van der Waals surface area contributed by atoms with Crippen molar-refractivity contribution in [3.05, 3.63) is 5.82 Å². The molecule has 1 fully saturated rings. The lowest BCUT2D eigenvalue weighted by Crippen LogP contribution is -2.38. The maximum absolute atomic E-state index is 6.07. The Hall–Kier alpha value is -0.720. The Morgan fingerprint density at radius 2 is 2.16 bits per heavy atom. The normalized spacial score (nSPS) is 24.6. The van der Waals surface area contributed by atoms with Crippen LogP contribution in [0.15, 0.2) is 0 Å². The van der Waals surface area contributed by atoms with E-state index in [1.165, 1.54) is 11.5 Å². The molecule has 0 radical (unpaired) electrons. The van der Waals surface area contributed by atoms with Crippen molar-refractivity contribution in [3.63, 3.8) is 0 Å². The lowest BCUT2D eigenvalue weighted by atomic mass is 9.95. The van der Waals surface area contributed by atoms with Crippen LogP contribution in [0.1, 0.15) is 39.9 Å². The van der Waals surface area contributed by atoms with Crippen LogP contribution in [0, 0.1) is 0 Å². The van der Waals surface area contributed by atoms with Gasteiger partial charge in [-0.25, -0.2) is 4.98 Å². The summed E-state index contributed by atoms with van der Waals surface area (Å²) in [5.41, 5.74) is -0.285. The number of ether oxygens (including phenoxy) is 2. The van der Waals surface area contributed by atoms with Crippen LogP contribution < -0.4 is 5.32 Å². The highest BCUT2D eigenvalue weighted by Gasteiger charge is 2.46. The van der Waals surface area contributed by atoms with Gasteiger partial charge in [-0.2, -0.15) is 4.37 Å². The molecular weight excluding hydrogens is 262 g/mol. The minimum atomic E-state index is -0.193. The van der Waals surface area contributed by atoms with Gasteiger partial charge in [0.05, 0.1) is 23.9 Å². The van der Waals surface area contributed by atoms with Crippen LogP contribution in [0.25, 0.3) is 0 Å². The molecule has 1 atom stereocenters. The van der Waals surface area contributed by atoms with Crippen molar-refractivity contribution >= 4 is 16.7 Å². The van der Waals surface area contributed by atoms with E-state index in [1.807, 2.05) is 0 Å². The van der Waals surface area contributed by atoms with Gasteiger partial charge in [-0.05, 0) is 34.1 Å². The van der Waals surface area contributed by atoms with Crippen LogP contribution in [-0.2, 0) is 15.9 Å². The molecule has 0 aliphatic carbocycles. The van der Waals surface area contributed by atoms with Crippen LogP contribution in [0.3, 0.4) is 0 Å². The maximum Gasteiger partial charge on any atom is 0.202 e. The molecule has 6 heteroatoms. The third-order valence-electron chi connectivity index (χ3n) is 3.37. The molecule has 0 bridgehead atoms. The largest absolute Gasteiger partial charge is 0.384 e. The first-order valence-corrected chi connectivity index (χ1v) is 7.38. The monoisotopic (exact) mass is 285 g/mol. The molecule has 1 aromatic rings. The Balaban J connectivity index is 1.99. The molecule has 108 valence electrons. The second-order valence-corrected chi connectivity index (χ2v) is 6.88. The molecule has 0 spiro atoms. The Morgan fingerprint density at radius 3 is 2.74 bits per heavy atom. The first-order valence-electron chi connectivity index (χ1n) is 6.61. The number of hydrogen-bond donors (Lipinski definition) is 1. The van der Waals surface area contributed by atoms with Gasteiger partial charge in [-0.1, -0.05) is 0 Å². The quantitative estimate of drug-likeness (QED) is 0.900. The molecule has 2 rings (SSSR count). The van der Waals surface area contributed by atoms with Gasteiger partial charge in [0.15, 0.2) is 0 Å². The number of anilines is 1. The van der Waals surface area contributed by atoms with E-state index in [2.05, 4.69) is 42.4 Å². The fourth-order valence-corrected chi connectivity index (χ4v) is 3.21. The predicted molar refractivity (Wildman–Crippen MR) is 76.8 cm³/mol. The number of hydrogen-bond acceptors (Lipinski definition) is 6. The van der Waals surface area contributed by atoms with E-state index in [1.54, 1.807) is 7.11 Å². The zero-order valence-corrected chi connectivity index (χ0v) is 13.1. The zero-order valence-electron chi connectivity index (χ0n) is 12.3. The highest BCUT2D eigenvalue weighted by molar-refractivity contribution is 7.09. The summed E-state index contributed by atoms with van der Waals surface area (Å²) in [6, 6.07) is 0.255. The van der Waals surface area contributed by atoms with Gasteiger partial charge in [0.25, 0.3) is 0 Å². The molecule has 1 aliphatic rings. The Morgan fingerprint density at radius 1 is 1.42 bits per heavy atom. The summed E-state index contributed by atoms with van der Waals surface area (Å²) in [5.74, 6) is 0.838. The Kier molecular flexibility index (Phi) is 4.13. The van der Waals surface area contributed by atoms with Crippen LogP contribution in [0.2, 0.25) is 0 Å². The highest BCUT2D eigenvalue weighted by atomic mass is 32.1. The summed E-state index contributed by atoms with van der Waals surface area (Å²) in [6.07, 6.45) is 1.72. The minimum absolute atomic E-state index is 0.0925. The fourth-order valence-electron chi connectivity index (χ4n) is 2.54. The van der Waals surface area contributed by atoms with Crippen molar-refractivity contribution in [2.24, 2.45) is 0 Å². The summed E-state index contributed by atoms with van der Waals surface area (Å²) in [6.45, 7) is 9.14. The molecule has 0 aromatic carbocycles. The van der Waals surface area contributed by atoms with Gasteiger partial charge in [0, 0.05) is 25.1 Å². The number of nitrogens with zero attached hydrogens (tertiary/aromatic N) is 2. The second-order valence-electron chi connectivity index (χ2n) is 6.12. The van der Waals surface area contributed by atoms with Crippen LogP contribution in [-0.4, -0.2) is 40.3 Å². The first kappa shape index (κ1) is 14.7. The number of aromatic nitrogens is 2. The number of nitrogens with one attached hydrogen (secondary N) is 1. The third kappa shape index (κ3) is 3.64. The maximum atomic E-state index is 6.07.